The van der Waals surface area contributed by atoms with Crippen molar-refractivity contribution in [3.05, 3.63) is 0 Å². The molecule has 0 fully saturated rings. The second-order valence-corrected chi connectivity index (χ2v) is 14.4. The average molecular weight is 667 g/mol. The molecule has 0 aromatic rings. The monoisotopic (exact) mass is 667 g/mol. The van der Waals surface area contributed by atoms with Gasteiger partial charge in [-0.2, -0.15) is 0 Å². The minimum absolute atomic E-state index is 0.0660. The highest BCUT2D eigenvalue weighted by Gasteiger charge is 2.19. The zero-order valence-corrected chi connectivity index (χ0v) is 31.7. The molecule has 0 heterocycles. The number of ether oxygens (including phenoxy) is 3. The summed E-state index contributed by atoms with van der Waals surface area (Å²) in [5.74, 6) is -0.0579. The highest BCUT2D eigenvalue weighted by Crippen LogP contribution is 2.15. The van der Waals surface area contributed by atoms with E-state index in [1.54, 1.807) is 0 Å². The summed E-state index contributed by atoms with van der Waals surface area (Å²) in [6.45, 7) is 8.87. The topological polar surface area (TPSA) is 78.9 Å². The molecule has 0 rings (SSSR count). The predicted octanol–water partition coefficient (Wildman–Crippen LogP) is 12.4. The maximum atomic E-state index is 12.5. The van der Waals surface area contributed by atoms with Crippen LogP contribution >= 0.6 is 0 Å². The van der Waals surface area contributed by atoms with E-state index in [9.17, 15) is 14.4 Å². The van der Waals surface area contributed by atoms with E-state index in [0.717, 1.165) is 70.1 Å². The molecule has 0 aromatic heterocycles. The lowest BCUT2D eigenvalue weighted by atomic mass is 10.0. The van der Waals surface area contributed by atoms with Crippen LogP contribution in [0, 0.1) is 5.92 Å². The fraction of sp³-hybridized carbons (Fsp3) is 0.927. The third-order valence-electron chi connectivity index (χ3n) is 9.04. The van der Waals surface area contributed by atoms with E-state index >= 15 is 0 Å². The summed E-state index contributed by atoms with van der Waals surface area (Å²) in [6.07, 6.45) is 32.6. The van der Waals surface area contributed by atoms with Crippen LogP contribution in [0.3, 0.4) is 0 Å². The van der Waals surface area contributed by atoms with Crippen molar-refractivity contribution in [1.29, 1.82) is 0 Å². The van der Waals surface area contributed by atoms with E-state index < -0.39 is 6.10 Å². The number of hydrogen-bond acceptors (Lipinski definition) is 6. The van der Waals surface area contributed by atoms with Gasteiger partial charge in [0.25, 0.3) is 0 Å². The highest BCUT2D eigenvalue weighted by molar-refractivity contribution is 5.71. The molecule has 1 atom stereocenters. The van der Waals surface area contributed by atoms with Crippen molar-refractivity contribution < 1.29 is 28.6 Å². The Morgan fingerprint density at radius 2 is 0.702 bits per heavy atom. The minimum atomic E-state index is -0.756. The Kier molecular flexibility index (Phi) is 34.5. The second kappa shape index (κ2) is 35.7. The molecule has 6 nitrogen and oxygen atoms in total. The minimum Gasteiger partial charge on any atom is -0.462 e. The molecule has 6 heteroatoms. The molecule has 0 N–H and O–H groups in total. The van der Waals surface area contributed by atoms with Crippen molar-refractivity contribution in [2.75, 3.05) is 13.2 Å². The molecule has 0 aliphatic carbocycles. The molecule has 0 radical (unpaired) electrons. The van der Waals surface area contributed by atoms with Gasteiger partial charge in [-0.25, -0.2) is 0 Å². The second-order valence-electron chi connectivity index (χ2n) is 14.4. The van der Waals surface area contributed by atoms with Crippen molar-refractivity contribution in [3.8, 4) is 0 Å². The smallest absolute Gasteiger partial charge is 0.306 e. The standard InChI is InChI=1S/C41H78O6/c1-5-7-9-11-12-13-14-18-21-25-28-32-39(42)45-35-38(47-41(44)34-30-23-10-8-6-2)36-46-40(43)33-29-26-22-19-16-15-17-20-24-27-31-37(3)4/h37-38H,5-36H2,1-4H3/t38-/m0/s1. The molecule has 0 saturated heterocycles. The third kappa shape index (κ3) is 35.5. The van der Waals surface area contributed by atoms with Gasteiger partial charge in [-0.15, -0.1) is 0 Å². The van der Waals surface area contributed by atoms with Gasteiger partial charge in [0, 0.05) is 19.3 Å². The fourth-order valence-corrected chi connectivity index (χ4v) is 5.92. The Morgan fingerprint density at radius 3 is 1.04 bits per heavy atom. The van der Waals surface area contributed by atoms with Gasteiger partial charge in [0.2, 0.25) is 0 Å². The summed E-state index contributed by atoms with van der Waals surface area (Å²) >= 11 is 0. The lowest BCUT2D eigenvalue weighted by molar-refractivity contribution is -0.167. The fourth-order valence-electron chi connectivity index (χ4n) is 5.92. The first-order chi connectivity index (χ1) is 22.9. The van der Waals surface area contributed by atoms with Gasteiger partial charge in [0.15, 0.2) is 6.10 Å². The van der Waals surface area contributed by atoms with E-state index in [-0.39, 0.29) is 31.1 Å². The first-order valence-corrected chi connectivity index (χ1v) is 20.4. The molecule has 47 heavy (non-hydrogen) atoms. The molecule has 0 aromatic carbocycles. The van der Waals surface area contributed by atoms with Gasteiger partial charge >= 0.3 is 17.9 Å². The van der Waals surface area contributed by atoms with Crippen LogP contribution in [-0.4, -0.2) is 37.2 Å². The maximum Gasteiger partial charge on any atom is 0.306 e. The SMILES string of the molecule is CCCCCCCCCCCCCC(=O)OC[C@@H](COC(=O)CCCCCCCCCCCCC(C)C)OC(=O)CCCCCCC. The molecule has 0 saturated carbocycles. The van der Waals surface area contributed by atoms with Crippen LogP contribution in [0.2, 0.25) is 0 Å². The predicted molar refractivity (Wildman–Crippen MR) is 196 cm³/mol. The zero-order valence-electron chi connectivity index (χ0n) is 31.7. The zero-order chi connectivity index (χ0) is 34.6. The van der Waals surface area contributed by atoms with Gasteiger partial charge in [-0.1, -0.05) is 182 Å². The van der Waals surface area contributed by atoms with Gasteiger partial charge < -0.3 is 14.2 Å². The third-order valence-corrected chi connectivity index (χ3v) is 9.04. The summed E-state index contributed by atoms with van der Waals surface area (Å²) in [5, 5.41) is 0. The number of carbonyl (C=O) groups is 3. The molecule has 0 bridgehead atoms. The van der Waals surface area contributed by atoms with Gasteiger partial charge in [-0.3, -0.25) is 14.4 Å². The van der Waals surface area contributed by atoms with E-state index in [1.807, 2.05) is 0 Å². The molecular weight excluding hydrogens is 588 g/mol. The number of hydrogen-bond donors (Lipinski definition) is 0. The largest absolute Gasteiger partial charge is 0.462 e. The maximum absolute atomic E-state index is 12.5. The van der Waals surface area contributed by atoms with E-state index in [0.29, 0.717) is 19.3 Å². The Balaban J connectivity index is 4.20. The first-order valence-electron chi connectivity index (χ1n) is 20.4. The van der Waals surface area contributed by atoms with Crippen LogP contribution in [0.25, 0.3) is 0 Å². The van der Waals surface area contributed by atoms with Gasteiger partial charge in [0.05, 0.1) is 0 Å². The summed E-state index contributed by atoms with van der Waals surface area (Å²) in [4.78, 5) is 37.3. The van der Waals surface area contributed by atoms with E-state index in [4.69, 9.17) is 14.2 Å². The quantitative estimate of drug-likeness (QED) is 0.0376. The molecule has 0 spiro atoms. The summed E-state index contributed by atoms with van der Waals surface area (Å²) in [5.41, 5.74) is 0. The van der Waals surface area contributed by atoms with Crippen molar-refractivity contribution in [2.24, 2.45) is 5.92 Å². The number of esters is 3. The Morgan fingerprint density at radius 1 is 0.404 bits per heavy atom. The number of rotatable bonds is 36. The van der Waals surface area contributed by atoms with E-state index in [1.165, 1.54) is 109 Å². The van der Waals surface area contributed by atoms with Crippen LogP contribution < -0.4 is 0 Å². The van der Waals surface area contributed by atoms with Gasteiger partial charge in [0.1, 0.15) is 13.2 Å². The van der Waals surface area contributed by atoms with Crippen LogP contribution in [0.1, 0.15) is 220 Å². The lowest BCUT2D eigenvalue weighted by Crippen LogP contribution is -2.30. The molecule has 0 amide bonds. The van der Waals surface area contributed by atoms with Crippen LogP contribution in [0.5, 0.6) is 0 Å². The number of unbranched alkanes of at least 4 members (excludes halogenated alkanes) is 23. The van der Waals surface area contributed by atoms with Crippen LogP contribution in [0.15, 0.2) is 0 Å². The Hall–Kier alpha value is -1.59. The highest BCUT2D eigenvalue weighted by atomic mass is 16.6. The Labute approximate surface area is 291 Å². The van der Waals surface area contributed by atoms with Crippen LogP contribution in [0.4, 0.5) is 0 Å². The van der Waals surface area contributed by atoms with Crippen molar-refractivity contribution in [3.63, 3.8) is 0 Å². The summed E-state index contributed by atoms with van der Waals surface area (Å²) in [6, 6.07) is 0. The Bertz CT molecular complexity index is 706. The lowest BCUT2D eigenvalue weighted by Gasteiger charge is -2.18. The van der Waals surface area contributed by atoms with Crippen molar-refractivity contribution in [1.82, 2.24) is 0 Å². The van der Waals surface area contributed by atoms with Crippen molar-refractivity contribution >= 4 is 17.9 Å². The molecule has 278 valence electrons. The first kappa shape index (κ1) is 45.4. The van der Waals surface area contributed by atoms with E-state index in [2.05, 4.69) is 27.7 Å². The summed E-state index contributed by atoms with van der Waals surface area (Å²) in [7, 11) is 0. The average Bonchev–Trinajstić information content (AvgIpc) is 3.05. The van der Waals surface area contributed by atoms with Crippen molar-refractivity contribution in [2.45, 2.75) is 226 Å². The normalized spacial score (nSPS) is 11.9. The molecule has 0 unspecified atom stereocenters. The number of carbonyl (C=O) groups excluding carboxylic acids is 3. The molecular formula is C41H78O6. The van der Waals surface area contributed by atoms with Crippen LogP contribution in [-0.2, 0) is 28.6 Å². The van der Waals surface area contributed by atoms with Gasteiger partial charge in [-0.05, 0) is 25.2 Å². The summed E-state index contributed by atoms with van der Waals surface area (Å²) < 4.78 is 16.5. The molecule has 0 aliphatic heterocycles. The molecule has 0 aliphatic rings.